The topological polar surface area (TPSA) is 307 Å². The van der Waals surface area contributed by atoms with Gasteiger partial charge in [-0.25, -0.2) is 26.2 Å². The van der Waals surface area contributed by atoms with Crippen LogP contribution in [0.4, 0.5) is 5.69 Å². The zero-order valence-electron chi connectivity index (χ0n) is 44.8. The maximum Gasteiger partial charge on any atom is 0.333 e. The van der Waals surface area contributed by atoms with E-state index in [2.05, 4.69) is 0 Å². The molecular weight excluding hydrogens is 1080 g/mol. The SMILES string of the molecule is COCCOCCOCCOCCOCCOCC[N+](CCCS(=O)(=O)[O-])=c1ccc2c(C(C)(C)C)cc(/C=C/C=C3/N(CCCS(=O)(=O)O)c4ccc(S(=O)(=O)[O-])cc4C3(C)CCCC(=O)ON3C(=O)CCC3=O)oc-2c1. The number of methoxy groups -OCH3 is 1. The summed E-state index contributed by atoms with van der Waals surface area (Å²) in [6, 6.07) is 11.3. The van der Waals surface area contributed by atoms with Gasteiger partial charge in [-0.2, -0.15) is 8.42 Å². The van der Waals surface area contributed by atoms with Crippen molar-refractivity contribution in [3.05, 3.63) is 82.6 Å². The van der Waals surface area contributed by atoms with Crippen LogP contribution in [0.1, 0.15) is 89.5 Å². The minimum absolute atomic E-state index is 0.0144. The maximum atomic E-state index is 12.9. The molecule has 0 bridgehead atoms. The number of amides is 2. The molecule has 4 aliphatic rings. The molecule has 1 atom stereocenters. The first-order chi connectivity index (χ1) is 36.8. The van der Waals surface area contributed by atoms with Crippen molar-refractivity contribution in [3.63, 3.8) is 0 Å². The van der Waals surface area contributed by atoms with Gasteiger partial charge in [0.25, 0.3) is 21.9 Å². The molecular formula is C52H72N3O20S3-. The molecule has 434 valence electrons. The number of hydrogen-bond acceptors (Lipinski definition) is 20. The molecule has 3 aliphatic heterocycles. The van der Waals surface area contributed by atoms with Gasteiger partial charge in [0, 0.05) is 73.5 Å². The van der Waals surface area contributed by atoms with E-state index in [0.717, 1.165) is 17.2 Å². The van der Waals surface area contributed by atoms with Crippen LogP contribution < -0.4 is 14.8 Å². The van der Waals surface area contributed by atoms with Gasteiger partial charge < -0.3 is 51.7 Å². The van der Waals surface area contributed by atoms with Crippen molar-refractivity contribution in [2.45, 2.75) is 88.4 Å². The smallest absolute Gasteiger partial charge is 0.333 e. The molecule has 5 rings (SSSR count). The molecule has 0 saturated carbocycles. The van der Waals surface area contributed by atoms with Crippen molar-refractivity contribution in [3.8, 4) is 11.3 Å². The number of fused-ring (bicyclic) bond motifs is 2. The molecule has 1 fully saturated rings. The second kappa shape index (κ2) is 29.5. The fourth-order valence-corrected chi connectivity index (χ4v) is 10.4. The Bertz CT molecular complexity index is 2950. The Morgan fingerprint density at radius 1 is 0.782 bits per heavy atom. The number of hydrogen-bond donors (Lipinski definition) is 1. The van der Waals surface area contributed by atoms with Gasteiger partial charge in [0.1, 0.15) is 34.8 Å². The number of imide groups is 1. The molecule has 1 aromatic rings. The van der Waals surface area contributed by atoms with E-state index in [1.54, 1.807) is 37.2 Å². The molecule has 1 saturated heterocycles. The third-order valence-electron chi connectivity index (χ3n) is 12.7. The molecule has 26 heteroatoms. The van der Waals surface area contributed by atoms with E-state index in [0.29, 0.717) is 105 Å². The van der Waals surface area contributed by atoms with Gasteiger partial charge in [-0.15, -0.1) is 5.06 Å². The minimum Gasteiger partial charge on any atom is -0.748 e. The average Bonchev–Trinajstić information content (AvgIpc) is 3.87. The highest BCUT2D eigenvalue weighted by Gasteiger charge is 2.44. The van der Waals surface area contributed by atoms with Crippen molar-refractivity contribution in [1.29, 1.82) is 0 Å². The normalized spacial score (nSPS) is 17.3. The third-order valence-corrected chi connectivity index (χ3v) is 15.2. The lowest BCUT2D eigenvalue weighted by Gasteiger charge is -2.30. The van der Waals surface area contributed by atoms with Crippen LogP contribution in [-0.4, -0.2) is 173 Å². The Hall–Kier alpha value is -4.97. The average molecular weight is 1160 g/mol. The summed E-state index contributed by atoms with van der Waals surface area (Å²) in [5.41, 5.74) is 1.48. The second-order valence-corrected chi connectivity index (χ2v) is 24.2. The van der Waals surface area contributed by atoms with Gasteiger partial charge in [-0.05, 0) is 85.2 Å². The lowest BCUT2D eigenvalue weighted by Crippen LogP contribution is -2.35. The van der Waals surface area contributed by atoms with Crippen molar-refractivity contribution in [2.24, 2.45) is 0 Å². The van der Waals surface area contributed by atoms with Crippen molar-refractivity contribution < 1.29 is 91.0 Å². The largest absolute Gasteiger partial charge is 0.748 e. The molecule has 0 spiro atoms. The van der Waals surface area contributed by atoms with E-state index in [-0.39, 0.29) is 71.2 Å². The number of benzene rings is 2. The second-order valence-electron chi connectivity index (χ2n) is 19.7. The van der Waals surface area contributed by atoms with Crippen LogP contribution in [0.15, 0.2) is 69.6 Å². The van der Waals surface area contributed by atoms with Crippen LogP contribution in [0.25, 0.3) is 17.4 Å². The summed E-state index contributed by atoms with van der Waals surface area (Å²) >= 11 is 0. The van der Waals surface area contributed by atoms with Gasteiger partial charge in [0.2, 0.25) is 5.36 Å². The Balaban J connectivity index is 1.40. The summed E-state index contributed by atoms with van der Waals surface area (Å²) in [6.45, 7) is 12.8. The number of carbonyl (C=O) groups is 3. The van der Waals surface area contributed by atoms with Gasteiger partial charge in [0.05, 0.1) is 92.9 Å². The van der Waals surface area contributed by atoms with Gasteiger partial charge in [-0.1, -0.05) is 26.8 Å². The number of ether oxygens (including phenoxy) is 6. The van der Waals surface area contributed by atoms with E-state index in [1.807, 2.05) is 49.6 Å². The number of rotatable bonds is 34. The Labute approximate surface area is 456 Å². The molecule has 1 aromatic carbocycles. The van der Waals surface area contributed by atoms with Crippen LogP contribution in [-0.2, 0) is 88.8 Å². The number of allylic oxidation sites excluding steroid dienone is 3. The number of nitrogens with zero attached hydrogens (tertiary/aromatic N) is 3. The van der Waals surface area contributed by atoms with E-state index in [1.165, 1.54) is 12.1 Å². The standard InChI is InChI=1S/C52H73N3O20S3/c1-51(2,3)43-37-40(74-46-36-39(13-15-42(43)46)53(20-8-34-76(59,60)61)22-23-69-26-27-71-30-31-73-33-32-72-29-28-70-25-24-68-5)10-6-11-47-52(4,19-7-12-50(58)75-55-48(56)17-18-49(55)57)44-38-41(78(65,66)67)14-16-45(44)54(47)21-9-35-77(62,63)64/h6,10-11,13-16,36-38H,7-9,12,17-35H2,1-5H3,(H2-,59,60,61,62,63,64,65,66,67)/p-1. The van der Waals surface area contributed by atoms with Crippen molar-refractivity contribution in [2.75, 3.05) is 116 Å². The van der Waals surface area contributed by atoms with E-state index >= 15 is 0 Å². The van der Waals surface area contributed by atoms with E-state index in [4.69, 9.17) is 37.7 Å². The van der Waals surface area contributed by atoms with E-state index in [9.17, 15) is 53.3 Å². The Kier molecular flexibility index (Phi) is 24.1. The lowest BCUT2D eigenvalue weighted by atomic mass is 9.77. The van der Waals surface area contributed by atoms with Gasteiger partial charge in [0.15, 0.2) is 6.54 Å². The fraction of sp³-hybridized carbons (Fsp3) is 0.577. The summed E-state index contributed by atoms with van der Waals surface area (Å²) in [5, 5.41) is 1.11. The predicted molar refractivity (Wildman–Crippen MR) is 282 cm³/mol. The van der Waals surface area contributed by atoms with Crippen LogP contribution in [0.5, 0.6) is 0 Å². The highest BCUT2D eigenvalue weighted by Crippen LogP contribution is 2.51. The van der Waals surface area contributed by atoms with Gasteiger partial charge in [-0.3, -0.25) is 14.1 Å². The third kappa shape index (κ3) is 20.0. The molecule has 3 heterocycles. The van der Waals surface area contributed by atoms with Crippen molar-refractivity contribution in [1.82, 2.24) is 9.64 Å². The van der Waals surface area contributed by atoms with Crippen LogP contribution in [0.3, 0.4) is 0 Å². The van der Waals surface area contributed by atoms with Crippen LogP contribution >= 0.6 is 0 Å². The Morgan fingerprint density at radius 2 is 1.38 bits per heavy atom. The van der Waals surface area contributed by atoms with Crippen LogP contribution in [0.2, 0.25) is 0 Å². The maximum absolute atomic E-state index is 12.9. The molecule has 78 heavy (non-hydrogen) atoms. The number of anilines is 1. The summed E-state index contributed by atoms with van der Waals surface area (Å²) < 4.78 is 146. The van der Waals surface area contributed by atoms with Gasteiger partial charge >= 0.3 is 5.97 Å². The number of hydroxylamine groups is 2. The van der Waals surface area contributed by atoms with E-state index < -0.39 is 75.4 Å². The van der Waals surface area contributed by atoms with Crippen LogP contribution in [0, 0.1) is 0 Å². The highest BCUT2D eigenvalue weighted by molar-refractivity contribution is 7.86. The zero-order valence-corrected chi connectivity index (χ0v) is 47.3. The quantitative estimate of drug-likeness (QED) is 0.0385. The molecule has 23 nitrogen and oxygen atoms in total. The molecule has 1 aliphatic carbocycles. The van der Waals surface area contributed by atoms with Crippen molar-refractivity contribution >= 4 is 59.9 Å². The Morgan fingerprint density at radius 3 is 1.95 bits per heavy atom. The summed E-state index contributed by atoms with van der Waals surface area (Å²) in [5.74, 6) is -2.45. The number of carbonyl (C=O) groups excluding carboxylic acids is 3. The highest BCUT2D eigenvalue weighted by atomic mass is 32.2. The first-order valence-corrected chi connectivity index (χ1v) is 30.2. The summed E-state index contributed by atoms with van der Waals surface area (Å²) in [6.07, 6.45) is 4.85. The molecule has 0 aromatic heterocycles. The monoisotopic (exact) mass is 1150 g/mol. The summed E-state index contributed by atoms with van der Waals surface area (Å²) in [4.78, 5) is 43.5. The predicted octanol–water partition coefficient (Wildman–Crippen LogP) is 3.75. The zero-order chi connectivity index (χ0) is 57.2. The summed E-state index contributed by atoms with van der Waals surface area (Å²) in [7, 11) is -12.2. The molecule has 1 N–H and O–H groups in total. The lowest BCUT2D eigenvalue weighted by molar-refractivity contribution is -0.197. The molecule has 0 radical (unpaired) electrons. The minimum atomic E-state index is -4.96. The molecule has 2 amide bonds. The first-order valence-electron chi connectivity index (χ1n) is 25.6. The first kappa shape index (κ1) is 63.9. The molecule has 1 unspecified atom stereocenters. The fourth-order valence-electron chi connectivity index (χ4n) is 8.92.